The second kappa shape index (κ2) is 11.2. The molecule has 1 aliphatic heterocycles. The molecule has 2 aliphatic carbocycles. The molecular formula is C35H39ClO5. The van der Waals surface area contributed by atoms with E-state index in [1.807, 2.05) is 49.4 Å². The molecule has 2 aromatic carbocycles. The average molecular weight is 575 g/mol. The van der Waals surface area contributed by atoms with Gasteiger partial charge in [-0.05, 0) is 53.5 Å². The molecular weight excluding hydrogens is 536 g/mol. The summed E-state index contributed by atoms with van der Waals surface area (Å²) < 4.78 is 19.0. The van der Waals surface area contributed by atoms with Gasteiger partial charge in [-0.15, -0.1) is 6.58 Å². The molecule has 3 aliphatic rings. The Kier molecular flexibility index (Phi) is 7.95. The average Bonchev–Trinajstić information content (AvgIpc) is 2.86. The van der Waals surface area contributed by atoms with E-state index < -0.39 is 5.92 Å². The molecule has 6 heteroatoms. The Morgan fingerprint density at radius 1 is 0.927 bits per heavy atom. The molecule has 5 rings (SSSR count). The Morgan fingerprint density at radius 2 is 1.51 bits per heavy atom. The first-order valence-corrected chi connectivity index (χ1v) is 14.8. The summed E-state index contributed by atoms with van der Waals surface area (Å²) in [6.45, 7) is 15.0. The molecule has 0 aromatic heterocycles. The van der Waals surface area contributed by atoms with Crippen molar-refractivity contribution in [3.63, 3.8) is 0 Å². The van der Waals surface area contributed by atoms with Crippen LogP contribution in [0.15, 0.2) is 71.7 Å². The number of Topliss-reactive ketones (excluding diaryl/α,β-unsaturated/α-hetero) is 2. The summed E-state index contributed by atoms with van der Waals surface area (Å²) in [5, 5.41) is 0.667. The molecule has 0 unspecified atom stereocenters. The summed E-state index contributed by atoms with van der Waals surface area (Å²) in [6, 6.07) is 11.5. The Morgan fingerprint density at radius 3 is 2.05 bits per heavy atom. The highest BCUT2D eigenvalue weighted by Crippen LogP contribution is 2.54. The molecule has 0 saturated heterocycles. The molecule has 0 amide bonds. The minimum Gasteiger partial charge on any atom is -0.490 e. The van der Waals surface area contributed by atoms with Crippen LogP contribution in [-0.2, 0) is 27.4 Å². The highest BCUT2D eigenvalue weighted by Gasteiger charge is 2.48. The lowest BCUT2D eigenvalue weighted by Gasteiger charge is -2.42. The van der Waals surface area contributed by atoms with Crippen LogP contribution < -0.4 is 9.47 Å². The predicted octanol–water partition coefficient (Wildman–Crippen LogP) is 8.45. The number of halogens is 1. The van der Waals surface area contributed by atoms with Gasteiger partial charge in [0, 0.05) is 53.3 Å². The summed E-state index contributed by atoms with van der Waals surface area (Å²) in [6.07, 6.45) is 4.48. The van der Waals surface area contributed by atoms with E-state index in [2.05, 4.69) is 34.3 Å². The van der Waals surface area contributed by atoms with Gasteiger partial charge in [-0.3, -0.25) is 9.59 Å². The molecule has 5 nitrogen and oxygen atoms in total. The number of benzene rings is 2. The number of ether oxygens (including phenoxy) is 3. The number of carbonyl (C=O) groups excluding carboxylic acids is 2. The number of allylic oxidation sites excluding steroid dienone is 5. The van der Waals surface area contributed by atoms with Gasteiger partial charge in [0.15, 0.2) is 23.1 Å². The Balaban J connectivity index is 1.65. The quantitative estimate of drug-likeness (QED) is 0.296. The van der Waals surface area contributed by atoms with Crippen molar-refractivity contribution in [1.82, 2.24) is 0 Å². The summed E-state index contributed by atoms with van der Waals surface area (Å²) in [4.78, 5) is 27.5. The zero-order valence-electron chi connectivity index (χ0n) is 24.7. The lowest BCUT2D eigenvalue weighted by atomic mass is 9.65. The van der Waals surface area contributed by atoms with Gasteiger partial charge in [-0.25, -0.2) is 0 Å². The zero-order valence-corrected chi connectivity index (χ0v) is 25.5. The van der Waals surface area contributed by atoms with Gasteiger partial charge in [0.05, 0.1) is 6.61 Å². The van der Waals surface area contributed by atoms with Gasteiger partial charge in [-0.1, -0.05) is 63.6 Å². The number of carbonyl (C=O) groups is 2. The van der Waals surface area contributed by atoms with Crippen LogP contribution in [0.3, 0.4) is 0 Å². The van der Waals surface area contributed by atoms with Gasteiger partial charge >= 0.3 is 0 Å². The molecule has 0 radical (unpaired) electrons. The van der Waals surface area contributed by atoms with Crippen molar-refractivity contribution in [3.8, 4) is 11.5 Å². The molecule has 0 N–H and O–H groups in total. The molecule has 2 aromatic rings. The highest BCUT2D eigenvalue weighted by atomic mass is 35.5. The standard InChI is InChI=1S/C35H39ClO5/c1-7-9-22-14-23(15-27(39-8-2)33(22)40-20-21-10-12-24(36)13-11-21)30-31-25(37)16-34(3,4)18-28(31)41-29-19-35(5,6)17-26(38)32(29)30/h7,10-15,30H,1,8-9,16-20H2,2-6H3. The maximum absolute atomic E-state index is 13.8. The second-order valence-electron chi connectivity index (χ2n) is 12.9. The maximum Gasteiger partial charge on any atom is 0.165 e. The van der Waals surface area contributed by atoms with Gasteiger partial charge in [0.25, 0.3) is 0 Å². The van der Waals surface area contributed by atoms with Crippen molar-refractivity contribution >= 4 is 23.2 Å². The molecule has 0 spiro atoms. The Hall–Kier alpha value is -3.31. The largest absolute Gasteiger partial charge is 0.490 e. The fourth-order valence-electron chi connectivity index (χ4n) is 6.33. The van der Waals surface area contributed by atoms with E-state index in [9.17, 15) is 9.59 Å². The lowest BCUT2D eigenvalue weighted by Crippen LogP contribution is -2.37. The normalized spacial score (nSPS) is 19.9. The maximum atomic E-state index is 13.8. The van der Waals surface area contributed by atoms with E-state index in [0.29, 0.717) is 84.5 Å². The molecule has 41 heavy (non-hydrogen) atoms. The molecule has 1 heterocycles. The monoisotopic (exact) mass is 574 g/mol. The SMILES string of the molecule is C=CCc1cc(C2C3=C(CC(C)(C)CC3=O)OC3=C2C(=O)CC(C)(C)C3)cc(OCC)c1OCc1ccc(Cl)cc1. The fraction of sp³-hybridized carbons (Fsp3) is 0.429. The smallest absolute Gasteiger partial charge is 0.165 e. The van der Waals surface area contributed by atoms with E-state index >= 15 is 0 Å². The summed E-state index contributed by atoms with van der Waals surface area (Å²) in [5.41, 5.74) is 3.50. The van der Waals surface area contributed by atoms with Crippen LogP contribution in [0.5, 0.6) is 11.5 Å². The van der Waals surface area contributed by atoms with Crippen molar-refractivity contribution in [3.05, 3.63) is 93.4 Å². The third kappa shape index (κ3) is 6.01. The minimum atomic E-state index is -0.506. The molecule has 0 bridgehead atoms. The van der Waals surface area contributed by atoms with Gasteiger partial charge in [-0.2, -0.15) is 0 Å². The van der Waals surface area contributed by atoms with Crippen molar-refractivity contribution in [2.75, 3.05) is 6.61 Å². The molecule has 0 fully saturated rings. The van der Waals surface area contributed by atoms with E-state index in [4.69, 9.17) is 25.8 Å². The number of hydrogen-bond acceptors (Lipinski definition) is 5. The van der Waals surface area contributed by atoms with Crippen LogP contribution in [-0.4, -0.2) is 18.2 Å². The third-order valence-electron chi connectivity index (χ3n) is 8.03. The van der Waals surface area contributed by atoms with E-state index in [1.165, 1.54) is 0 Å². The molecule has 0 atom stereocenters. The second-order valence-corrected chi connectivity index (χ2v) is 13.4. The molecule has 0 saturated carbocycles. The number of rotatable bonds is 8. The number of ketones is 2. The predicted molar refractivity (Wildman–Crippen MR) is 161 cm³/mol. The zero-order chi connectivity index (χ0) is 29.5. The molecule has 216 valence electrons. The first-order valence-electron chi connectivity index (χ1n) is 14.4. The van der Waals surface area contributed by atoms with Crippen LogP contribution in [0.25, 0.3) is 0 Å². The Bertz CT molecular complexity index is 1410. The fourth-order valence-corrected chi connectivity index (χ4v) is 6.45. The first-order chi connectivity index (χ1) is 19.4. The van der Waals surface area contributed by atoms with E-state index in [0.717, 1.165) is 16.7 Å². The Labute approximate surface area is 248 Å². The van der Waals surface area contributed by atoms with Gasteiger partial charge < -0.3 is 14.2 Å². The lowest BCUT2D eigenvalue weighted by molar-refractivity contribution is -0.120. The summed E-state index contributed by atoms with van der Waals surface area (Å²) in [7, 11) is 0. The van der Waals surface area contributed by atoms with Crippen molar-refractivity contribution in [2.24, 2.45) is 10.8 Å². The van der Waals surface area contributed by atoms with E-state index in [1.54, 1.807) is 0 Å². The number of hydrogen-bond donors (Lipinski definition) is 0. The topological polar surface area (TPSA) is 61.8 Å². The summed E-state index contributed by atoms with van der Waals surface area (Å²) >= 11 is 6.07. The third-order valence-corrected chi connectivity index (χ3v) is 8.28. The van der Waals surface area contributed by atoms with Gasteiger partial charge in [0.2, 0.25) is 0 Å². The summed E-state index contributed by atoms with van der Waals surface area (Å²) in [5.74, 6) is 2.19. The van der Waals surface area contributed by atoms with Crippen LogP contribution in [0.2, 0.25) is 5.02 Å². The van der Waals surface area contributed by atoms with Crippen LogP contribution >= 0.6 is 11.6 Å². The minimum absolute atomic E-state index is 0.0386. The van der Waals surface area contributed by atoms with Crippen molar-refractivity contribution in [1.29, 1.82) is 0 Å². The first kappa shape index (κ1) is 29.2. The highest BCUT2D eigenvalue weighted by molar-refractivity contribution is 6.30. The van der Waals surface area contributed by atoms with Gasteiger partial charge in [0.1, 0.15) is 18.1 Å². The van der Waals surface area contributed by atoms with Crippen LogP contribution in [0.4, 0.5) is 0 Å². The van der Waals surface area contributed by atoms with Crippen LogP contribution in [0.1, 0.15) is 82.9 Å². The van der Waals surface area contributed by atoms with Crippen molar-refractivity contribution in [2.45, 2.75) is 79.2 Å². The van der Waals surface area contributed by atoms with E-state index in [-0.39, 0.29) is 22.4 Å². The van der Waals surface area contributed by atoms with Crippen LogP contribution in [0, 0.1) is 10.8 Å². The van der Waals surface area contributed by atoms with Crippen molar-refractivity contribution < 1.29 is 23.8 Å².